The van der Waals surface area contributed by atoms with Crippen LogP contribution in [0.3, 0.4) is 0 Å². The summed E-state index contributed by atoms with van der Waals surface area (Å²) >= 11 is 11.8. The first-order valence-electron chi connectivity index (χ1n) is 5.38. The smallest absolute Gasteiger partial charge is 0.407 e. The second kappa shape index (κ2) is 5.67. The molecule has 0 aromatic heterocycles. The van der Waals surface area contributed by atoms with Crippen LogP contribution in [-0.4, -0.2) is 11.6 Å². The quantitative estimate of drug-likeness (QED) is 0.818. The Balaban J connectivity index is 2.65. The van der Waals surface area contributed by atoms with Gasteiger partial charge in [0.05, 0.1) is 15.7 Å². The third-order valence-corrected chi connectivity index (χ3v) is 2.82. The topological polar surface area (TPSA) is 64.3 Å². The standard InChI is InChI=1S/C12H16Cl2N2O2/c1-12(2,3)16-11(17)18-6-7-4-5-8(13)10(15)9(7)14/h4-5H,6,15H2,1-3H3,(H,16,17). The molecule has 1 rings (SSSR count). The van der Waals surface area contributed by atoms with Gasteiger partial charge in [-0.25, -0.2) is 4.79 Å². The number of amides is 1. The predicted molar refractivity (Wildman–Crippen MR) is 73.9 cm³/mol. The van der Waals surface area contributed by atoms with Gasteiger partial charge in [0.15, 0.2) is 0 Å². The second-order valence-electron chi connectivity index (χ2n) is 4.89. The summed E-state index contributed by atoms with van der Waals surface area (Å²) in [4.78, 5) is 11.5. The number of anilines is 1. The summed E-state index contributed by atoms with van der Waals surface area (Å²) in [5.41, 5.74) is 6.22. The first kappa shape index (κ1) is 14.9. The van der Waals surface area contributed by atoms with Crippen molar-refractivity contribution in [1.29, 1.82) is 0 Å². The van der Waals surface area contributed by atoms with Crippen LogP contribution in [0.4, 0.5) is 10.5 Å². The zero-order chi connectivity index (χ0) is 13.9. The SMILES string of the molecule is CC(C)(C)NC(=O)OCc1ccc(Cl)c(N)c1Cl. The molecule has 0 unspecified atom stereocenters. The number of nitrogens with one attached hydrogen (secondary N) is 1. The molecule has 3 N–H and O–H groups in total. The van der Waals surface area contributed by atoms with Crippen LogP contribution in [-0.2, 0) is 11.3 Å². The number of ether oxygens (including phenoxy) is 1. The van der Waals surface area contributed by atoms with Crippen molar-refractivity contribution in [2.75, 3.05) is 5.73 Å². The van der Waals surface area contributed by atoms with Crippen LogP contribution in [0.1, 0.15) is 26.3 Å². The fraction of sp³-hybridized carbons (Fsp3) is 0.417. The summed E-state index contributed by atoms with van der Waals surface area (Å²) in [6.45, 7) is 5.63. The van der Waals surface area contributed by atoms with Crippen molar-refractivity contribution >= 4 is 35.0 Å². The maximum absolute atomic E-state index is 11.5. The molecule has 0 aliphatic carbocycles. The zero-order valence-electron chi connectivity index (χ0n) is 10.5. The van der Waals surface area contributed by atoms with E-state index < -0.39 is 6.09 Å². The molecule has 0 aliphatic heterocycles. The largest absolute Gasteiger partial charge is 0.445 e. The number of nitrogens with two attached hydrogens (primary N) is 1. The van der Waals surface area contributed by atoms with Gasteiger partial charge in [-0.2, -0.15) is 0 Å². The minimum Gasteiger partial charge on any atom is -0.445 e. The number of rotatable bonds is 2. The average Bonchev–Trinajstić information content (AvgIpc) is 2.22. The van der Waals surface area contributed by atoms with E-state index in [4.69, 9.17) is 33.7 Å². The molecule has 0 saturated carbocycles. The lowest BCUT2D eigenvalue weighted by molar-refractivity contribution is 0.131. The number of benzene rings is 1. The number of alkyl carbamates (subject to hydrolysis) is 1. The van der Waals surface area contributed by atoms with Gasteiger partial charge >= 0.3 is 6.09 Å². The molecular weight excluding hydrogens is 275 g/mol. The van der Waals surface area contributed by atoms with Crippen LogP contribution in [0, 0.1) is 0 Å². The highest BCUT2D eigenvalue weighted by Gasteiger charge is 2.15. The lowest BCUT2D eigenvalue weighted by Crippen LogP contribution is -2.40. The van der Waals surface area contributed by atoms with Crippen LogP contribution in [0.25, 0.3) is 0 Å². The number of hydrogen-bond donors (Lipinski definition) is 2. The molecule has 0 spiro atoms. The summed E-state index contributed by atoms with van der Waals surface area (Å²) in [6, 6.07) is 3.29. The Kier molecular flexibility index (Phi) is 4.71. The van der Waals surface area contributed by atoms with Crippen molar-refractivity contribution < 1.29 is 9.53 Å². The number of halogens is 2. The summed E-state index contributed by atoms with van der Waals surface area (Å²) in [5, 5.41) is 3.36. The van der Waals surface area contributed by atoms with Gasteiger partial charge in [0.25, 0.3) is 0 Å². The molecule has 4 nitrogen and oxygen atoms in total. The molecule has 0 heterocycles. The Labute approximate surface area is 116 Å². The minimum absolute atomic E-state index is 0.0438. The van der Waals surface area contributed by atoms with Crippen molar-refractivity contribution in [1.82, 2.24) is 5.32 Å². The van der Waals surface area contributed by atoms with E-state index in [2.05, 4.69) is 5.32 Å². The Morgan fingerprint density at radius 3 is 2.56 bits per heavy atom. The molecule has 100 valence electrons. The van der Waals surface area contributed by atoms with Crippen LogP contribution in [0.5, 0.6) is 0 Å². The van der Waals surface area contributed by atoms with Gasteiger partial charge in [0, 0.05) is 11.1 Å². The average molecular weight is 291 g/mol. The first-order chi connectivity index (χ1) is 8.20. The molecule has 0 aliphatic rings. The molecule has 1 amide bonds. The van der Waals surface area contributed by atoms with Crippen molar-refractivity contribution in [3.05, 3.63) is 27.7 Å². The number of carbonyl (C=O) groups is 1. The van der Waals surface area contributed by atoms with Crippen molar-refractivity contribution in [2.24, 2.45) is 0 Å². The van der Waals surface area contributed by atoms with Gasteiger partial charge in [0.1, 0.15) is 6.61 Å². The van der Waals surface area contributed by atoms with Gasteiger partial charge in [-0.05, 0) is 26.8 Å². The molecule has 1 aromatic carbocycles. The van der Waals surface area contributed by atoms with Crippen LogP contribution < -0.4 is 11.1 Å². The van der Waals surface area contributed by atoms with E-state index in [-0.39, 0.29) is 17.8 Å². The number of carbonyl (C=O) groups excluding carboxylic acids is 1. The Morgan fingerprint density at radius 2 is 2.00 bits per heavy atom. The Bertz CT molecular complexity index is 456. The van der Waals surface area contributed by atoms with E-state index in [1.54, 1.807) is 12.1 Å². The summed E-state index contributed by atoms with van der Waals surface area (Å²) in [7, 11) is 0. The second-order valence-corrected chi connectivity index (χ2v) is 5.67. The third-order valence-electron chi connectivity index (χ3n) is 2.04. The molecule has 0 radical (unpaired) electrons. The van der Waals surface area contributed by atoms with Crippen molar-refractivity contribution in [2.45, 2.75) is 32.9 Å². The maximum Gasteiger partial charge on any atom is 0.407 e. The van der Waals surface area contributed by atoms with Gasteiger partial charge in [-0.1, -0.05) is 29.3 Å². The van der Waals surface area contributed by atoms with Gasteiger partial charge in [0.2, 0.25) is 0 Å². The van der Waals surface area contributed by atoms with Crippen LogP contribution >= 0.6 is 23.2 Å². The van der Waals surface area contributed by atoms with E-state index in [9.17, 15) is 4.79 Å². The van der Waals surface area contributed by atoms with E-state index >= 15 is 0 Å². The maximum atomic E-state index is 11.5. The Morgan fingerprint density at radius 1 is 1.39 bits per heavy atom. The van der Waals surface area contributed by atoms with Crippen LogP contribution in [0.15, 0.2) is 12.1 Å². The van der Waals surface area contributed by atoms with Crippen molar-refractivity contribution in [3.8, 4) is 0 Å². The molecular formula is C12H16Cl2N2O2. The van der Waals surface area contributed by atoms with E-state index in [0.717, 1.165) is 0 Å². The van der Waals surface area contributed by atoms with E-state index in [1.165, 1.54) is 0 Å². The number of hydrogen-bond acceptors (Lipinski definition) is 3. The highest BCUT2D eigenvalue weighted by molar-refractivity contribution is 6.39. The fourth-order valence-electron chi connectivity index (χ4n) is 1.21. The highest BCUT2D eigenvalue weighted by atomic mass is 35.5. The monoisotopic (exact) mass is 290 g/mol. The lowest BCUT2D eigenvalue weighted by atomic mass is 10.1. The van der Waals surface area contributed by atoms with Gasteiger partial charge in [-0.3, -0.25) is 0 Å². The number of nitrogen functional groups attached to an aromatic ring is 1. The fourth-order valence-corrected chi connectivity index (χ4v) is 1.64. The predicted octanol–water partition coefficient (Wildman–Crippen LogP) is 3.60. The molecule has 0 saturated heterocycles. The lowest BCUT2D eigenvalue weighted by Gasteiger charge is -2.20. The Hall–Kier alpha value is -1.13. The van der Waals surface area contributed by atoms with Crippen LogP contribution in [0.2, 0.25) is 10.0 Å². The molecule has 6 heteroatoms. The molecule has 0 fully saturated rings. The summed E-state index contributed by atoms with van der Waals surface area (Å²) in [5.74, 6) is 0. The molecule has 18 heavy (non-hydrogen) atoms. The summed E-state index contributed by atoms with van der Waals surface area (Å²) in [6.07, 6.45) is -0.507. The molecule has 0 bridgehead atoms. The summed E-state index contributed by atoms with van der Waals surface area (Å²) < 4.78 is 5.05. The minimum atomic E-state index is -0.507. The molecule has 0 atom stereocenters. The first-order valence-corrected chi connectivity index (χ1v) is 6.13. The normalized spacial score (nSPS) is 11.2. The highest BCUT2D eigenvalue weighted by Crippen LogP contribution is 2.30. The van der Waals surface area contributed by atoms with E-state index in [1.807, 2.05) is 20.8 Å². The van der Waals surface area contributed by atoms with Gasteiger partial charge < -0.3 is 15.8 Å². The zero-order valence-corrected chi connectivity index (χ0v) is 12.0. The third kappa shape index (κ3) is 4.27. The van der Waals surface area contributed by atoms with Crippen molar-refractivity contribution in [3.63, 3.8) is 0 Å². The van der Waals surface area contributed by atoms with E-state index in [0.29, 0.717) is 15.6 Å². The molecule has 1 aromatic rings. The van der Waals surface area contributed by atoms with Gasteiger partial charge in [-0.15, -0.1) is 0 Å².